The molecule has 5 nitrogen and oxygen atoms in total. The van der Waals surface area contributed by atoms with Crippen LogP contribution in [0.3, 0.4) is 0 Å². The van der Waals surface area contributed by atoms with Crippen molar-refractivity contribution < 1.29 is 35.6 Å². The molecule has 0 unspecified atom stereocenters. The van der Waals surface area contributed by atoms with Crippen LogP contribution in [0.5, 0.6) is 17.2 Å². The molecule has 1 N–H and O–H groups in total. The van der Waals surface area contributed by atoms with Crippen LogP contribution in [-0.2, 0) is 15.7 Å². The zero-order valence-corrected chi connectivity index (χ0v) is 14.8. The number of rotatable bonds is 2. The van der Waals surface area contributed by atoms with Gasteiger partial charge in [0.2, 0.25) is 0 Å². The maximum Gasteiger partial charge on any atom is 0.534 e. The van der Waals surface area contributed by atoms with E-state index in [0.717, 1.165) is 23.3 Å². The first-order valence-corrected chi connectivity index (χ1v) is 8.91. The maximum atomic E-state index is 12.5. The average molecular weight is 388 g/mol. The molecule has 2 aromatic rings. The van der Waals surface area contributed by atoms with E-state index >= 15 is 0 Å². The first-order valence-electron chi connectivity index (χ1n) is 7.50. The Morgan fingerprint density at radius 1 is 1.15 bits per heavy atom. The van der Waals surface area contributed by atoms with Gasteiger partial charge in [0.25, 0.3) is 0 Å². The number of alkyl halides is 3. The highest BCUT2D eigenvalue weighted by Gasteiger charge is 2.49. The van der Waals surface area contributed by atoms with Gasteiger partial charge in [-0.15, -0.1) is 0 Å². The van der Waals surface area contributed by atoms with Crippen LogP contribution in [0.15, 0.2) is 30.3 Å². The standard InChI is InChI=1S/C17H15F3O5S/c1-9-4-5-12-11(6-9)15-13(21)7-10(8-14(15)24-16(12,2)3)25-26(22,23)17(18,19)20/h4-8,21H,1-3H3. The van der Waals surface area contributed by atoms with Gasteiger partial charge in [-0.2, -0.15) is 21.6 Å². The molecule has 0 saturated heterocycles. The second-order valence-corrected chi connectivity index (χ2v) is 8.00. The molecule has 0 fully saturated rings. The predicted molar refractivity (Wildman–Crippen MR) is 87.5 cm³/mol. The van der Waals surface area contributed by atoms with E-state index in [4.69, 9.17) is 4.74 Å². The molecule has 0 radical (unpaired) electrons. The summed E-state index contributed by atoms with van der Waals surface area (Å²) in [5.41, 5.74) is -3.82. The molecule has 9 heteroatoms. The quantitative estimate of drug-likeness (QED) is 0.616. The summed E-state index contributed by atoms with van der Waals surface area (Å²) in [6.07, 6.45) is 0. The highest BCUT2D eigenvalue weighted by molar-refractivity contribution is 7.88. The molecule has 0 atom stereocenters. The summed E-state index contributed by atoms with van der Waals surface area (Å²) in [6.45, 7) is 5.36. The minimum absolute atomic E-state index is 0.0282. The van der Waals surface area contributed by atoms with E-state index in [-0.39, 0.29) is 11.3 Å². The van der Waals surface area contributed by atoms with E-state index in [1.54, 1.807) is 13.8 Å². The summed E-state index contributed by atoms with van der Waals surface area (Å²) in [5.74, 6) is -1.11. The molecule has 0 saturated carbocycles. The first-order chi connectivity index (χ1) is 11.8. The highest BCUT2D eigenvalue weighted by atomic mass is 32.2. The highest BCUT2D eigenvalue weighted by Crippen LogP contribution is 2.51. The summed E-state index contributed by atoms with van der Waals surface area (Å²) in [6, 6.07) is 7.36. The fraction of sp³-hybridized carbons (Fsp3) is 0.294. The topological polar surface area (TPSA) is 72.8 Å². The first kappa shape index (κ1) is 18.4. The van der Waals surface area contributed by atoms with Crippen LogP contribution in [-0.4, -0.2) is 19.0 Å². The summed E-state index contributed by atoms with van der Waals surface area (Å²) in [5, 5.41) is 10.3. The van der Waals surface area contributed by atoms with Crippen LogP contribution >= 0.6 is 0 Å². The van der Waals surface area contributed by atoms with Gasteiger partial charge in [-0.25, -0.2) is 0 Å². The van der Waals surface area contributed by atoms with Gasteiger partial charge < -0.3 is 14.0 Å². The van der Waals surface area contributed by atoms with Gasteiger partial charge in [-0.05, 0) is 26.3 Å². The third-order valence-corrected chi connectivity index (χ3v) is 4.98. The van der Waals surface area contributed by atoms with E-state index in [1.165, 1.54) is 0 Å². The summed E-state index contributed by atoms with van der Waals surface area (Å²) >= 11 is 0. The van der Waals surface area contributed by atoms with Crippen LogP contribution in [0.4, 0.5) is 13.2 Å². The van der Waals surface area contributed by atoms with E-state index in [0.29, 0.717) is 5.56 Å². The monoisotopic (exact) mass is 388 g/mol. The molecule has 26 heavy (non-hydrogen) atoms. The van der Waals surface area contributed by atoms with Crippen molar-refractivity contribution in [2.24, 2.45) is 0 Å². The van der Waals surface area contributed by atoms with Crippen LogP contribution in [0.2, 0.25) is 0 Å². The lowest BCUT2D eigenvalue weighted by Gasteiger charge is -2.35. The lowest BCUT2D eigenvalue weighted by Crippen LogP contribution is -2.30. The molecule has 0 bridgehead atoms. The second kappa shape index (κ2) is 5.54. The molecule has 0 aliphatic carbocycles. The third-order valence-electron chi connectivity index (χ3n) is 4.00. The smallest absolute Gasteiger partial charge is 0.507 e. The summed E-state index contributed by atoms with van der Waals surface area (Å²) in [4.78, 5) is 0. The number of aromatic hydroxyl groups is 1. The molecule has 0 amide bonds. The van der Waals surface area contributed by atoms with E-state index in [1.807, 2.05) is 25.1 Å². The lowest BCUT2D eigenvalue weighted by molar-refractivity contribution is -0.0500. The number of halogens is 3. The van der Waals surface area contributed by atoms with E-state index < -0.39 is 32.7 Å². The SMILES string of the molecule is Cc1ccc2c(c1)-c1c(O)cc(OS(=O)(=O)C(F)(F)F)cc1OC2(C)C. The fourth-order valence-corrected chi connectivity index (χ4v) is 3.31. The maximum absolute atomic E-state index is 12.5. The van der Waals surface area contributed by atoms with Crippen molar-refractivity contribution >= 4 is 10.1 Å². The predicted octanol–water partition coefficient (Wildman–Crippen LogP) is 4.22. The Kier molecular flexibility index (Phi) is 3.91. The number of benzene rings is 2. The van der Waals surface area contributed by atoms with Gasteiger partial charge in [-0.1, -0.05) is 23.8 Å². The van der Waals surface area contributed by atoms with Crippen molar-refractivity contribution in [1.29, 1.82) is 0 Å². The van der Waals surface area contributed by atoms with Gasteiger partial charge in [-0.3, -0.25) is 0 Å². The Balaban J connectivity index is 2.16. The van der Waals surface area contributed by atoms with Crippen molar-refractivity contribution in [3.8, 4) is 28.4 Å². The van der Waals surface area contributed by atoms with Gasteiger partial charge in [0.05, 0.1) is 5.56 Å². The van der Waals surface area contributed by atoms with E-state index in [2.05, 4.69) is 4.18 Å². The minimum Gasteiger partial charge on any atom is -0.507 e. The molecule has 140 valence electrons. The Labute approximate surface area is 148 Å². The number of ether oxygens (including phenoxy) is 1. The number of phenolic OH excluding ortho intramolecular Hbond substituents is 1. The van der Waals surface area contributed by atoms with Crippen LogP contribution in [0.1, 0.15) is 25.0 Å². The molecule has 1 heterocycles. The third kappa shape index (κ3) is 2.96. The molecule has 3 rings (SSSR count). The number of fused-ring (bicyclic) bond motifs is 3. The number of hydrogen-bond acceptors (Lipinski definition) is 5. The summed E-state index contributed by atoms with van der Waals surface area (Å²) in [7, 11) is -5.86. The zero-order valence-electron chi connectivity index (χ0n) is 14.0. The van der Waals surface area contributed by atoms with Gasteiger partial charge in [0.1, 0.15) is 22.8 Å². The number of aryl methyl sites for hydroxylation is 1. The molecular weight excluding hydrogens is 373 g/mol. The van der Waals surface area contributed by atoms with E-state index in [9.17, 15) is 26.7 Å². The van der Waals surface area contributed by atoms with Crippen LogP contribution < -0.4 is 8.92 Å². The number of hydrogen-bond donors (Lipinski definition) is 1. The normalized spacial score (nSPS) is 15.6. The fourth-order valence-electron chi connectivity index (χ4n) is 2.87. The van der Waals surface area contributed by atoms with Gasteiger partial charge >= 0.3 is 15.6 Å². The van der Waals surface area contributed by atoms with Crippen molar-refractivity contribution in [1.82, 2.24) is 0 Å². The van der Waals surface area contributed by atoms with Gasteiger partial charge in [0.15, 0.2) is 0 Å². The van der Waals surface area contributed by atoms with Crippen molar-refractivity contribution in [2.45, 2.75) is 31.9 Å². The summed E-state index contributed by atoms with van der Waals surface area (Å²) < 4.78 is 69.8. The Morgan fingerprint density at radius 2 is 1.81 bits per heavy atom. The molecular formula is C17H15F3O5S. The molecule has 0 aromatic heterocycles. The molecule has 0 spiro atoms. The largest absolute Gasteiger partial charge is 0.534 e. The van der Waals surface area contributed by atoms with Crippen molar-refractivity contribution in [3.63, 3.8) is 0 Å². The number of phenols is 1. The zero-order chi connectivity index (χ0) is 19.5. The average Bonchev–Trinajstić information content (AvgIpc) is 2.43. The van der Waals surface area contributed by atoms with Gasteiger partial charge in [0, 0.05) is 17.7 Å². The molecule has 2 aromatic carbocycles. The Bertz CT molecular complexity index is 994. The Hall–Kier alpha value is -2.42. The molecule has 1 aliphatic rings. The Morgan fingerprint density at radius 3 is 2.42 bits per heavy atom. The van der Waals surface area contributed by atoms with Crippen LogP contribution in [0, 0.1) is 6.92 Å². The van der Waals surface area contributed by atoms with Crippen molar-refractivity contribution in [3.05, 3.63) is 41.5 Å². The second-order valence-electron chi connectivity index (χ2n) is 6.46. The van der Waals surface area contributed by atoms with Crippen molar-refractivity contribution in [2.75, 3.05) is 0 Å². The minimum atomic E-state index is -5.86. The molecule has 1 aliphatic heterocycles. The van der Waals surface area contributed by atoms with Crippen LogP contribution in [0.25, 0.3) is 11.1 Å². The lowest BCUT2D eigenvalue weighted by atomic mass is 9.85.